The van der Waals surface area contributed by atoms with Crippen molar-refractivity contribution in [2.75, 3.05) is 42.6 Å². The first-order chi connectivity index (χ1) is 16.7. The summed E-state index contributed by atoms with van der Waals surface area (Å²) in [5.41, 5.74) is 7.59. The van der Waals surface area contributed by atoms with Crippen molar-refractivity contribution in [3.05, 3.63) is 41.6 Å². The minimum absolute atomic E-state index is 0.0220. The number of ether oxygens (including phenoxy) is 1. The lowest BCUT2D eigenvalue weighted by Gasteiger charge is -2.33. The van der Waals surface area contributed by atoms with Gasteiger partial charge in [-0.3, -0.25) is 14.7 Å². The molecule has 0 spiro atoms. The first-order valence-electron chi connectivity index (χ1n) is 12.0. The third-order valence-corrected chi connectivity index (χ3v) is 6.17. The Morgan fingerprint density at radius 2 is 1.86 bits per heavy atom. The van der Waals surface area contributed by atoms with Crippen molar-refractivity contribution in [1.82, 2.24) is 9.99 Å². The molecule has 1 amide bonds. The van der Waals surface area contributed by atoms with Crippen LogP contribution in [-0.4, -0.2) is 64.8 Å². The summed E-state index contributed by atoms with van der Waals surface area (Å²) in [6.07, 6.45) is 1.05. The summed E-state index contributed by atoms with van der Waals surface area (Å²) in [6.45, 7) is 11.4. The van der Waals surface area contributed by atoms with Gasteiger partial charge in [-0.05, 0) is 35.6 Å². The molecule has 10 heteroatoms. The molecular formula is C25H34N6O4. The van der Waals surface area contributed by atoms with Gasteiger partial charge in [0.15, 0.2) is 6.17 Å². The Morgan fingerprint density at radius 1 is 1.14 bits per heavy atom. The van der Waals surface area contributed by atoms with Gasteiger partial charge in [0, 0.05) is 31.3 Å². The van der Waals surface area contributed by atoms with E-state index in [1.807, 2.05) is 39.8 Å². The molecule has 2 aliphatic heterocycles. The van der Waals surface area contributed by atoms with Crippen molar-refractivity contribution in [1.29, 1.82) is 0 Å². The van der Waals surface area contributed by atoms with Crippen LogP contribution in [0.2, 0.25) is 0 Å². The minimum atomic E-state index is -0.680. The van der Waals surface area contributed by atoms with Crippen molar-refractivity contribution in [3.63, 3.8) is 0 Å². The number of pyridine rings is 1. The summed E-state index contributed by atoms with van der Waals surface area (Å²) >= 11 is 0. The van der Waals surface area contributed by atoms with Crippen molar-refractivity contribution in [2.24, 2.45) is 16.8 Å². The van der Waals surface area contributed by atoms with Gasteiger partial charge in [-0.25, -0.2) is 4.98 Å². The van der Waals surface area contributed by atoms with Gasteiger partial charge in [0.1, 0.15) is 17.3 Å². The van der Waals surface area contributed by atoms with E-state index in [1.165, 1.54) is 6.07 Å². The van der Waals surface area contributed by atoms with Crippen LogP contribution in [-0.2, 0) is 9.53 Å². The Hall–Kier alpha value is -3.53. The van der Waals surface area contributed by atoms with Crippen LogP contribution in [0.5, 0.6) is 11.5 Å². The van der Waals surface area contributed by atoms with Crippen LogP contribution < -0.4 is 15.5 Å². The number of carbonyl (C=O) groups is 1. The van der Waals surface area contributed by atoms with Gasteiger partial charge in [0.05, 0.1) is 25.1 Å². The number of benzene rings is 1. The molecule has 188 valence electrons. The van der Waals surface area contributed by atoms with E-state index in [-0.39, 0.29) is 29.2 Å². The number of aromatic nitrogens is 1. The Kier molecular flexibility index (Phi) is 7.02. The van der Waals surface area contributed by atoms with E-state index < -0.39 is 12.1 Å². The maximum atomic E-state index is 12.5. The van der Waals surface area contributed by atoms with Gasteiger partial charge < -0.3 is 25.6 Å². The molecule has 1 saturated heterocycles. The van der Waals surface area contributed by atoms with E-state index in [0.29, 0.717) is 36.6 Å². The van der Waals surface area contributed by atoms with Crippen LogP contribution in [0.25, 0.3) is 0 Å². The van der Waals surface area contributed by atoms with Crippen molar-refractivity contribution in [3.8, 4) is 11.5 Å². The fourth-order valence-corrected chi connectivity index (χ4v) is 4.50. The number of rotatable bonds is 7. The van der Waals surface area contributed by atoms with Crippen LogP contribution >= 0.6 is 0 Å². The van der Waals surface area contributed by atoms with E-state index in [0.717, 1.165) is 18.9 Å². The standard InChI is InChI=1S/C25H34N6O4/c1-15(2)14-30-25(19-11-18(16(3)4)20(32)12-21(19)33)31(24(28-30)23(26)34)17-5-6-22(27-13-17)29-7-9-35-10-8-29/h5-6,11-13,15-16,25,32-33H,7-10,14H2,1-4H3,(H2,26,34). The zero-order chi connectivity index (χ0) is 25.3. The molecule has 1 aromatic heterocycles. The van der Waals surface area contributed by atoms with Crippen molar-refractivity contribution >= 4 is 23.2 Å². The second-order valence-electron chi connectivity index (χ2n) is 9.65. The molecule has 0 aliphatic carbocycles. The third kappa shape index (κ3) is 4.97. The number of hydrogen-bond acceptors (Lipinski definition) is 9. The number of phenolic OH excluding ortho intramolecular Hbond substituents is 2. The van der Waals surface area contributed by atoms with Gasteiger partial charge in [0.2, 0.25) is 5.84 Å². The van der Waals surface area contributed by atoms with E-state index in [1.54, 1.807) is 22.2 Å². The number of amidine groups is 1. The molecule has 4 rings (SSSR count). The summed E-state index contributed by atoms with van der Waals surface area (Å²) in [7, 11) is 0. The quantitative estimate of drug-likeness (QED) is 0.550. The molecule has 10 nitrogen and oxygen atoms in total. The van der Waals surface area contributed by atoms with Gasteiger partial charge in [-0.1, -0.05) is 27.7 Å². The maximum absolute atomic E-state index is 12.5. The number of hydrogen-bond donors (Lipinski definition) is 3. The fourth-order valence-electron chi connectivity index (χ4n) is 4.50. The number of nitrogens with two attached hydrogens (primary N) is 1. The van der Waals surface area contributed by atoms with E-state index in [9.17, 15) is 15.0 Å². The molecule has 1 atom stereocenters. The molecule has 2 aliphatic rings. The molecule has 1 unspecified atom stereocenters. The molecule has 2 aromatic rings. The van der Waals surface area contributed by atoms with Crippen LogP contribution in [0.3, 0.4) is 0 Å². The van der Waals surface area contributed by atoms with Crippen LogP contribution in [0.4, 0.5) is 11.5 Å². The maximum Gasteiger partial charge on any atom is 0.286 e. The topological polar surface area (TPSA) is 128 Å². The molecule has 35 heavy (non-hydrogen) atoms. The van der Waals surface area contributed by atoms with Gasteiger partial charge in [-0.15, -0.1) is 0 Å². The second-order valence-corrected chi connectivity index (χ2v) is 9.65. The van der Waals surface area contributed by atoms with E-state index >= 15 is 0 Å². The molecule has 4 N–H and O–H groups in total. The predicted molar refractivity (Wildman–Crippen MR) is 135 cm³/mol. The van der Waals surface area contributed by atoms with Gasteiger partial charge >= 0.3 is 0 Å². The van der Waals surface area contributed by atoms with Crippen molar-refractivity contribution < 1.29 is 19.7 Å². The molecule has 0 saturated carbocycles. The highest BCUT2D eigenvalue weighted by Crippen LogP contribution is 2.43. The lowest BCUT2D eigenvalue weighted by atomic mass is 9.97. The average Bonchev–Trinajstić information content (AvgIpc) is 3.18. The molecule has 0 radical (unpaired) electrons. The molecule has 3 heterocycles. The molecule has 0 bridgehead atoms. The number of carbonyl (C=O) groups excluding carboxylic acids is 1. The Labute approximate surface area is 205 Å². The molecular weight excluding hydrogens is 448 g/mol. The number of anilines is 2. The third-order valence-electron chi connectivity index (χ3n) is 6.17. The summed E-state index contributed by atoms with van der Waals surface area (Å²) in [5, 5.41) is 27.6. The highest BCUT2D eigenvalue weighted by atomic mass is 16.5. The highest BCUT2D eigenvalue weighted by molar-refractivity contribution is 6.43. The molecule has 1 fully saturated rings. The lowest BCUT2D eigenvalue weighted by Crippen LogP contribution is -2.41. The Bertz CT molecular complexity index is 1100. The zero-order valence-corrected chi connectivity index (χ0v) is 20.7. The zero-order valence-electron chi connectivity index (χ0n) is 20.7. The van der Waals surface area contributed by atoms with E-state index in [2.05, 4.69) is 15.0 Å². The first-order valence-corrected chi connectivity index (χ1v) is 12.0. The van der Waals surface area contributed by atoms with Crippen LogP contribution in [0, 0.1) is 5.92 Å². The van der Waals surface area contributed by atoms with Crippen LogP contribution in [0.1, 0.15) is 50.9 Å². The van der Waals surface area contributed by atoms with Crippen molar-refractivity contribution in [2.45, 2.75) is 39.8 Å². The second kappa shape index (κ2) is 9.99. The largest absolute Gasteiger partial charge is 0.508 e. The number of amides is 1. The number of hydrazone groups is 1. The van der Waals surface area contributed by atoms with Gasteiger partial charge in [-0.2, -0.15) is 5.10 Å². The number of morpholine rings is 1. The SMILES string of the molecule is CC(C)CN1N=C(C(N)=O)N(c2ccc(N3CCOCC3)nc2)C1c1cc(C(C)C)c(O)cc1O. The Morgan fingerprint density at radius 3 is 2.43 bits per heavy atom. The number of nitrogens with zero attached hydrogens (tertiary/aromatic N) is 5. The van der Waals surface area contributed by atoms with E-state index in [4.69, 9.17) is 10.5 Å². The lowest BCUT2D eigenvalue weighted by molar-refractivity contribution is -0.112. The summed E-state index contributed by atoms with van der Waals surface area (Å²) in [6, 6.07) is 6.90. The summed E-state index contributed by atoms with van der Waals surface area (Å²) in [4.78, 5) is 21.0. The van der Waals surface area contributed by atoms with Crippen LogP contribution in [0.15, 0.2) is 35.6 Å². The Balaban J connectivity index is 1.80. The van der Waals surface area contributed by atoms with Gasteiger partial charge in [0.25, 0.3) is 5.91 Å². The summed E-state index contributed by atoms with van der Waals surface area (Å²) in [5.74, 6) is 0.382. The number of phenols is 2. The molecule has 1 aromatic carbocycles. The monoisotopic (exact) mass is 482 g/mol. The fraction of sp³-hybridized carbons (Fsp3) is 0.480. The number of primary amides is 1. The minimum Gasteiger partial charge on any atom is -0.508 e. The predicted octanol–water partition coefficient (Wildman–Crippen LogP) is 2.73. The smallest absolute Gasteiger partial charge is 0.286 e. The average molecular weight is 483 g/mol. The highest BCUT2D eigenvalue weighted by Gasteiger charge is 2.41. The normalized spacial score (nSPS) is 18.5. The number of aromatic hydroxyl groups is 2. The first kappa shape index (κ1) is 24.6. The summed E-state index contributed by atoms with van der Waals surface area (Å²) < 4.78 is 5.43.